The summed E-state index contributed by atoms with van der Waals surface area (Å²) in [6, 6.07) is 3.65. The molecule has 1 saturated heterocycles. The van der Waals surface area contributed by atoms with Crippen LogP contribution in [0.2, 0.25) is 5.02 Å². The molecule has 2 amide bonds. The molecule has 1 N–H and O–H groups in total. The number of non-ortho nitro benzene ring substituents is 1. The molecular formula is C21H26ClN3O7. The first-order chi connectivity index (χ1) is 15.2. The van der Waals surface area contributed by atoms with Gasteiger partial charge in [-0.15, -0.1) is 0 Å². The van der Waals surface area contributed by atoms with Crippen LogP contribution in [0.1, 0.15) is 39.0 Å². The van der Waals surface area contributed by atoms with Crippen LogP contribution in [0.5, 0.6) is 0 Å². The molecule has 1 aliphatic carbocycles. The molecule has 1 aromatic carbocycles. The molecule has 1 heterocycles. The number of hydrogen-bond donors (Lipinski definition) is 1. The minimum absolute atomic E-state index is 0.0386. The zero-order valence-corrected chi connectivity index (χ0v) is 18.6. The number of halogens is 1. The van der Waals surface area contributed by atoms with Gasteiger partial charge in [0.1, 0.15) is 0 Å². The van der Waals surface area contributed by atoms with Crippen molar-refractivity contribution in [3.8, 4) is 0 Å². The third-order valence-electron chi connectivity index (χ3n) is 5.92. The Morgan fingerprint density at radius 1 is 1.28 bits per heavy atom. The molecule has 2 aliphatic rings. The fraction of sp³-hybridized carbons (Fsp3) is 0.571. The lowest BCUT2D eigenvalue weighted by atomic mass is 9.82. The number of carbonyl (C=O) groups is 3. The number of nitrogens with one attached hydrogen (secondary N) is 1. The summed E-state index contributed by atoms with van der Waals surface area (Å²) in [5, 5.41) is 13.5. The Morgan fingerprint density at radius 2 is 1.94 bits per heavy atom. The Kier molecular flexibility index (Phi) is 7.68. The van der Waals surface area contributed by atoms with E-state index in [2.05, 4.69) is 5.32 Å². The lowest BCUT2D eigenvalue weighted by Gasteiger charge is -2.32. The second kappa shape index (κ2) is 10.3. The number of benzene rings is 1. The molecule has 11 heteroatoms. The predicted molar refractivity (Wildman–Crippen MR) is 115 cm³/mol. The summed E-state index contributed by atoms with van der Waals surface area (Å²) in [6.45, 7) is 3.34. The highest BCUT2D eigenvalue weighted by molar-refractivity contribution is 6.33. The van der Waals surface area contributed by atoms with E-state index in [0.29, 0.717) is 39.1 Å². The van der Waals surface area contributed by atoms with Crippen LogP contribution < -0.4 is 5.32 Å². The molecule has 0 unspecified atom stereocenters. The number of ether oxygens (including phenoxy) is 2. The van der Waals surface area contributed by atoms with Crippen LogP contribution in [0.15, 0.2) is 18.2 Å². The number of morpholine rings is 1. The lowest BCUT2D eigenvalue weighted by Crippen LogP contribution is -2.45. The third-order valence-corrected chi connectivity index (χ3v) is 6.25. The quantitative estimate of drug-likeness (QED) is 0.371. The van der Waals surface area contributed by atoms with Gasteiger partial charge < -0.3 is 19.7 Å². The number of rotatable bonds is 7. The number of esters is 1. The van der Waals surface area contributed by atoms with Crippen LogP contribution in [0.3, 0.4) is 0 Å². The molecule has 3 rings (SSSR count). The molecule has 10 nitrogen and oxygen atoms in total. The zero-order valence-electron chi connectivity index (χ0n) is 17.8. The Balaban J connectivity index is 1.64. The molecule has 1 saturated carbocycles. The van der Waals surface area contributed by atoms with Crippen molar-refractivity contribution in [1.82, 2.24) is 4.90 Å². The van der Waals surface area contributed by atoms with E-state index in [9.17, 15) is 24.5 Å². The van der Waals surface area contributed by atoms with Gasteiger partial charge in [0.05, 0.1) is 34.3 Å². The van der Waals surface area contributed by atoms with Gasteiger partial charge in [0.25, 0.3) is 11.6 Å². The van der Waals surface area contributed by atoms with Gasteiger partial charge in [0, 0.05) is 31.6 Å². The van der Waals surface area contributed by atoms with Crippen molar-refractivity contribution in [3.63, 3.8) is 0 Å². The van der Waals surface area contributed by atoms with Crippen molar-refractivity contribution in [3.05, 3.63) is 33.3 Å². The van der Waals surface area contributed by atoms with Crippen LogP contribution in [-0.4, -0.2) is 60.0 Å². The van der Waals surface area contributed by atoms with E-state index in [1.165, 1.54) is 19.1 Å². The molecule has 1 aliphatic heterocycles. The summed E-state index contributed by atoms with van der Waals surface area (Å²) in [7, 11) is 0. The molecule has 0 aromatic heterocycles. The van der Waals surface area contributed by atoms with Gasteiger partial charge in [0.2, 0.25) is 5.91 Å². The van der Waals surface area contributed by atoms with Gasteiger partial charge in [-0.1, -0.05) is 24.4 Å². The number of nitro groups is 1. The van der Waals surface area contributed by atoms with Gasteiger partial charge in [-0.25, -0.2) is 0 Å². The molecular weight excluding hydrogens is 442 g/mol. The Labute approximate surface area is 190 Å². The van der Waals surface area contributed by atoms with Crippen LogP contribution in [0.4, 0.5) is 11.4 Å². The van der Waals surface area contributed by atoms with Crippen LogP contribution in [-0.2, 0) is 23.9 Å². The van der Waals surface area contributed by atoms with E-state index in [4.69, 9.17) is 21.1 Å². The number of nitro benzene ring substituents is 1. The van der Waals surface area contributed by atoms with E-state index in [0.717, 1.165) is 18.9 Å². The standard InChI is InChI=1S/C21H26ClN3O7/c1-14(19(27)23-17-12-15(25(29)30)4-5-16(17)22)32-20(28)21(6-2-3-7-21)13-18(26)24-8-10-31-11-9-24/h4-5,12,14H,2-3,6-11,13H2,1H3,(H,23,27)/t14-/m0/s1. The number of carbonyl (C=O) groups excluding carboxylic acids is 3. The van der Waals surface area contributed by atoms with Gasteiger partial charge in [-0.2, -0.15) is 0 Å². The summed E-state index contributed by atoms with van der Waals surface area (Å²) in [6.07, 6.45) is 1.51. The summed E-state index contributed by atoms with van der Waals surface area (Å²) in [4.78, 5) is 50.4. The SMILES string of the molecule is C[C@H](OC(=O)C1(CC(=O)N2CCOCC2)CCCC1)C(=O)Nc1cc([N+](=O)[O-])ccc1Cl. The van der Waals surface area contributed by atoms with Crippen molar-refractivity contribution >= 4 is 40.8 Å². The number of amides is 2. The van der Waals surface area contributed by atoms with Crippen LogP contribution in [0, 0.1) is 15.5 Å². The monoisotopic (exact) mass is 467 g/mol. The number of nitrogens with zero attached hydrogens (tertiary/aromatic N) is 2. The second-order valence-electron chi connectivity index (χ2n) is 8.12. The highest BCUT2D eigenvalue weighted by atomic mass is 35.5. The maximum absolute atomic E-state index is 13.1. The highest BCUT2D eigenvalue weighted by Crippen LogP contribution is 2.43. The maximum Gasteiger partial charge on any atom is 0.313 e. The van der Waals surface area contributed by atoms with Gasteiger partial charge in [0.15, 0.2) is 6.10 Å². The summed E-state index contributed by atoms with van der Waals surface area (Å²) < 4.78 is 10.7. The summed E-state index contributed by atoms with van der Waals surface area (Å²) >= 11 is 6.02. The molecule has 0 spiro atoms. The normalized spacial score (nSPS) is 18.6. The van der Waals surface area contributed by atoms with Crippen molar-refractivity contribution in [2.24, 2.45) is 5.41 Å². The fourth-order valence-electron chi connectivity index (χ4n) is 4.01. The summed E-state index contributed by atoms with van der Waals surface area (Å²) in [5.41, 5.74) is -1.14. The smallest absolute Gasteiger partial charge is 0.313 e. The Hall–Kier alpha value is -2.72. The Bertz CT molecular complexity index is 895. The molecule has 174 valence electrons. The maximum atomic E-state index is 13.1. The zero-order chi connectivity index (χ0) is 23.3. The number of anilines is 1. The molecule has 1 aromatic rings. The van der Waals surface area contributed by atoms with Crippen molar-refractivity contribution < 1.29 is 28.8 Å². The lowest BCUT2D eigenvalue weighted by molar-refractivity contribution is -0.384. The van der Waals surface area contributed by atoms with Gasteiger partial charge in [-0.3, -0.25) is 24.5 Å². The van der Waals surface area contributed by atoms with E-state index >= 15 is 0 Å². The molecule has 0 bridgehead atoms. The largest absolute Gasteiger partial charge is 0.452 e. The first kappa shape index (κ1) is 23.9. The second-order valence-corrected chi connectivity index (χ2v) is 8.52. The first-order valence-electron chi connectivity index (χ1n) is 10.5. The van der Waals surface area contributed by atoms with E-state index in [1.54, 1.807) is 4.90 Å². The average Bonchev–Trinajstić information content (AvgIpc) is 3.25. The van der Waals surface area contributed by atoms with E-state index in [1.807, 2.05) is 0 Å². The minimum Gasteiger partial charge on any atom is -0.452 e. The first-order valence-corrected chi connectivity index (χ1v) is 10.9. The average molecular weight is 468 g/mol. The molecule has 2 fully saturated rings. The van der Waals surface area contributed by atoms with Gasteiger partial charge >= 0.3 is 5.97 Å². The highest BCUT2D eigenvalue weighted by Gasteiger charge is 2.46. The van der Waals surface area contributed by atoms with Crippen LogP contribution in [0.25, 0.3) is 0 Å². The van der Waals surface area contributed by atoms with Crippen molar-refractivity contribution in [2.45, 2.75) is 45.1 Å². The van der Waals surface area contributed by atoms with E-state index in [-0.39, 0.29) is 28.7 Å². The predicted octanol–water partition coefficient (Wildman–Crippen LogP) is 2.93. The molecule has 0 radical (unpaired) electrons. The minimum atomic E-state index is -1.17. The molecule has 1 atom stereocenters. The van der Waals surface area contributed by atoms with Crippen LogP contribution >= 0.6 is 11.6 Å². The summed E-state index contributed by atoms with van der Waals surface area (Å²) in [5.74, 6) is -1.37. The topological polar surface area (TPSA) is 128 Å². The third kappa shape index (κ3) is 5.55. The van der Waals surface area contributed by atoms with Gasteiger partial charge in [-0.05, 0) is 25.8 Å². The number of hydrogen-bond acceptors (Lipinski definition) is 7. The van der Waals surface area contributed by atoms with Crippen molar-refractivity contribution in [2.75, 3.05) is 31.6 Å². The molecule has 32 heavy (non-hydrogen) atoms. The fourth-order valence-corrected chi connectivity index (χ4v) is 4.18. The van der Waals surface area contributed by atoms with E-state index < -0.39 is 28.3 Å². The van der Waals surface area contributed by atoms with Crippen molar-refractivity contribution in [1.29, 1.82) is 0 Å². The Morgan fingerprint density at radius 3 is 2.56 bits per heavy atom.